The molecule has 27 heavy (non-hydrogen) atoms. The number of hydrogen-bond acceptors (Lipinski definition) is 5. The molecule has 0 saturated heterocycles. The zero-order valence-corrected chi connectivity index (χ0v) is 14.2. The predicted octanol–water partition coefficient (Wildman–Crippen LogP) is 2.89. The van der Waals surface area contributed by atoms with Crippen LogP contribution in [0.3, 0.4) is 0 Å². The number of anilines is 1. The number of aromatic nitrogens is 4. The Morgan fingerprint density at radius 3 is 2.59 bits per heavy atom. The molecule has 0 spiro atoms. The second kappa shape index (κ2) is 7.77. The largest absolute Gasteiger partial charge is 0.462 e. The fraction of sp³-hybridized carbons (Fsp3) is 0.176. The van der Waals surface area contributed by atoms with Crippen molar-refractivity contribution in [1.29, 1.82) is 0 Å². The van der Waals surface area contributed by atoms with Crippen LogP contribution in [0.25, 0.3) is 5.69 Å². The molecule has 0 aliphatic heterocycles. The van der Waals surface area contributed by atoms with E-state index >= 15 is 0 Å². The van der Waals surface area contributed by atoms with E-state index in [4.69, 9.17) is 4.74 Å². The number of rotatable bonds is 6. The molecule has 0 saturated carbocycles. The molecule has 140 valence electrons. The number of halogens is 2. The number of para-hydroxylation sites is 1. The molecule has 0 bridgehead atoms. The number of carbonyl (C=O) groups is 2. The average molecular weight is 375 g/mol. The Morgan fingerprint density at radius 1 is 1.22 bits per heavy atom. The van der Waals surface area contributed by atoms with Crippen LogP contribution >= 0.6 is 0 Å². The van der Waals surface area contributed by atoms with Gasteiger partial charge in [0.25, 0.3) is 5.91 Å². The Morgan fingerprint density at radius 2 is 1.96 bits per heavy atom. The Kier molecular flexibility index (Phi) is 5.25. The molecule has 0 fully saturated rings. The number of benzene rings is 1. The molecule has 0 radical (unpaired) electrons. The van der Waals surface area contributed by atoms with Crippen molar-refractivity contribution in [3.05, 3.63) is 60.0 Å². The molecule has 0 atom stereocenters. The van der Waals surface area contributed by atoms with E-state index in [1.165, 1.54) is 10.9 Å². The molecule has 3 aromatic rings. The van der Waals surface area contributed by atoms with Crippen molar-refractivity contribution >= 4 is 17.7 Å². The van der Waals surface area contributed by atoms with E-state index in [0.29, 0.717) is 10.4 Å². The lowest BCUT2D eigenvalue weighted by Gasteiger charge is -2.10. The highest BCUT2D eigenvalue weighted by Gasteiger charge is 2.23. The minimum absolute atomic E-state index is 0.0299. The van der Waals surface area contributed by atoms with Crippen molar-refractivity contribution < 1.29 is 23.1 Å². The third-order valence-corrected chi connectivity index (χ3v) is 3.54. The van der Waals surface area contributed by atoms with Crippen LogP contribution in [-0.4, -0.2) is 38.0 Å². The molecule has 2 heterocycles. The van der Waals surface area contributed by atoms with Gasteiger partial charge in [-0.2, -0.15) is 19.0 Å². The molecular weight excluding hydrogens is 360 g/mol. The minimum atomic E-state index is -2.86. The molecule has 8 nitrogen and oxygen atoms in total. The third-order valence-electron chi connectivity index (χ3n) is 3.54. The monoisotopic (exact) mass is 375 g/mol. The lowest BCUT2D eigenvalue weighted by molar-refractivity contribution is 0.0526. The van der Waals surface area contributed by atoms with Gasteiger partial charge in [-0.05, 0) is 25.1 Å². The topological polar surface area (TPSA) is 91.0 Å². The van der Waals surface area contributed by atoms with E-state index in [9.17, 15) is 18.4 Å². The first-order valence-corrected chi connectivity index (χ1v) is 7.96. The number of hydrogen-bond donors (Lipinski definition) is 1. The summed E-state index contributed by atoms with van der Waals surface area (Å²) >= 11 is 0. The van der Waals surface area contributed by atoms with E-state index in [-0.39, 0.29) is 23.7 Å². The summed E-state index contributed by atoms with van der Waals surface area (Å²) in [6.45, 7) is -1.08. The zero-order chi connectivity index (χ0) is 19.4. The third kappa shape index (κ3) is 3.84. The van der Waals surface area contributed by atoms with Crippen molar-refractivity contribution in [2.24, 2.45) is 0 Å². The maximum atomic E-state index is 12.7. The van der Waals surface area contributed by atoms with E-state index in [0.717, 1.165) is 12.3 Å². The van der Waals surface area contributed by atoms with Gasteiger partial charge >= 0.3 is 12.5 Å². The highest BCUT2D eigenvalue weighted by atomic mass is 19.3. The van der Waals surface area contributed by atoms with E-state index < -0.39 is 18.4 Å². The molecule has 1 amide bonds. The van der Waals surface area contributed by atoms with Gasteiger partial charge in [0.15, 0.2) is 11.5 Å². The van der Waals surface area contributed by atoms with Crippen LogP contribution in [0.5, 0.6) is 0 Å². The van der Waals surface area contributed by atoms with Gasteiger partial charge in [0.05, 0.1) is 18.5 Å². The smallest absolute Gasteiger partial charge is 0.343 e. The highest BCUT2D eigenvalue weighted by Crippen LogP contribution is 2.22. The second-order valence-corrected chi connectivity index (χ2v) is 5.29. The van der Waals surface area contributed by atoms with Crippen LogP contribution in [0.15, 0.2) is 48.8 Å². The first kappa shape index (κ1) is 18.2. The number of amides is 1. The van der Waals surface area contributed by atoms with Crippen LogP contribution in [-0.2, 0) is 4.74 Å². The van der Waals surface area contributed by atoms with Crippen molar-refractivity contribution in [1.82, 2.24) is 19.6 Å². The van der Waals surface area contributed by atoms with Gasteiger partial charge in [-0.3, -0.25) is 4.79 Å². The van der Waals surface area contributed by atoms with Crippen LogP contribution in [0, 0.1) is 0 Å². The molecule has 0 aliphatic rings. The fourth-order valence-electron chi connectivity index (χ4n) is 2.33. The van der Waals surface area contributed by atoms with Crippen LogP contribution in [0.2, 0.25) is 0 Å². The summed E-state index contributed by atoms with van der Waals surface area (Å²) in [6.07, 6.45) is 2.25. The summed E-state index contributed by atoms with van der Waals surface area (Å²) < 4.78 is 32.0. The SMILES string of the molecule is CCOC(=O)c1cnn(-c2ccccc2)c1NC(=O)c1ccn(C(F)F)n1. The number of esters is 1. The predicted molar refractivity (Wildman–Crippen MR) is 91.0 cm³/mol. The van der Waals surface area contributed by atoms with E-state index in [2.05, 4.69) is 15.5 Å². The summed E-state index contributed by atoms with van der Waals surface area (Å²) in [4.78, 5) is 24.6. The van der Waals surface area contributed by atoms with Gasteiger partial charge in [-0.1, -0.05) is 18.2 Å². The summed E-state index contributed by atoms with van der Waals surface area (Å²) in [5, 5.41) is 10.1. The van der Waals surface area contributed by atoms with Gasteiger partial charge in [-0.25, -0.2) is 14.2 Å². The van der Waals surface area contributed by atoms with Crippen molar-refractivity contribution in [3.8, 4) is 5.69 Å². The Bertz CT molecular complexity index is 953. The Labute approximate surface area is 152 Å². The molecule has 1 N–H and O–H groups in total. The molecule has 10 heteroatoms. The number of ether oxygens (including phenoxy) is 1. The average Bonchev–Trinajstić information content (AvgIpc) is 3.30. The van der Waals surface area contributed by atoms with Gasteiger partial charge < -0.3 is 10.1 Å². The number of nitrogens with zero attached hydrogens (tertiary/aromatic N) is 4. The number of alkyl halides is 2. The van der Waals surface area contributed by atoms with Crippen LogP contribution in [0.4, 0.5) is 14.6 Å². The van der Waals surface area contributed by atoms with Crippen molar-refractivity contribution in [3.63, 3.8) is 0 Å². The van der Waals surface area contributed by atoms with Gasteiger partial charge in [0, 0.05) is 6.20 Å². The van der Waals surface area contributed by atoms with Crippen molar-refractivity contribution in [2.75, 3.05) is 11.9 Å². The van der Waals surface area contributed by atoms with Crippen molar-refractivity contribution in [2.45, 2.75) is 13.5 Å². The number of nitrogens with one attached hydrogen (secondary N) is 1. The lowest BCUT2D eigenvalue weighted by atomic mass is 10.3. The Hall–Kier alpha value is -3.56. The van der Waals surface area contributed by atoms with E-state index in [1.807, 2.05) is 0 Å². The molecule has 3 rings (SSSR count). The van der Waals surface area contributed by atoms with E-state index in [1.54, 1.807) is 37.3 Å². The lowest BCUT2D eigenvalue weighted by Crippen LogP contribution is -2.19. The molecule has 0 aliphatic carbocycles. The normalized spacial score (nSPS) is 10.8. The summed E-state index contributed by atoms with van der Waals surface area (Å²) in [7, 11) is 0. The quantitative estimate of drug-likeness (QED) is 0.669. The summed E-state index contributed by atoms with van der Waals surface area (Å²) in [5.41, 5.74) is 0.384. The van der Waals surface area contributed by atoms with Gasteiger partial charge in [-0.15, -0.1) is 0 Å². The first-order valence-electron chi connectivity index (χ1n) is 7.96. The summed E-state index contributed by atoms with van der Waals surface area (Å²) in [6, 6.07) is 9.92. The van der Waals surface area contributed by atoms with Gasteiger partial charge in [0.2, 0.25) is 0 Å². The molecule has 0 unspecified atom stereocenters. The Balaban J connectivity index is 1.97. The summed E-state index contributed by atoms with van der Waals surface area (Å²) in [5.74, 6) is -1.39. The number of carbonyl (C=O) groups excluding carboxylic acids is 2. The standard InChI is InChI=1S/C17H15F2N5O3/c1-2-27-16(26)12-10-20-24(11-6-4-3-5-7-11)14(12)21-15(25)13-8-9-23(22-13)17(18)19/h3-10,17H,2H2,1H3,(H,21,25). The maximum Gasteiger partial charge on any atom is 0.343 e. The zero-order valence-electron chi connectivity index (χ0n) is 14.2. The second-order valence-electron chi connectivity index (χ2n) is 5.29. The van der Waals surface area contributed by atoms with Crippen LogP contribution in [0.1, 0.15) is 34.3 Å². The molecular formula is C17H15F2N5O3. The maximum absolute atomic E-state index is 12.7. The fourth-order valence-corrected chi connectivity index (χ4v) is 2.33. The molecule has 2 aromatic heterocycles. The minimum Gasteiger partial charge on any atom is -0.462 e. The molecule has 1 aromatic carbocycles. The van der Waals surface area contributed by atoms with Crippen LogP contribution < -0.4 is 5.32 Å². The highest BCUT2D eigenvalue weighted by molar-refractivity contribution is 6.06. The first-order chi connectivity index (χ1) is 13.0. The van der Waals surface area contributed by atoms with Gasteiger partial charge in [0.1, 0.15) is 5.56 Å².